The van der Waals surface area contributed by atoms with Gasteiger partial charge in [0.05, 0.1) is 5.92 Å². The van der Waals surface area contributed by atoms with Crippen molar-refractivity contribution in [2.24, 2.45) is 5.92 Å². The van der Waals surface area contributed by atoms with Gasteiger partial charge in [0.1, 0.15) is 0 Å². The number of carboxylic acids is 1. The number of nitrogens with zero attached hydrogens (tertiary/aromatic N) is 2. The summed E-state index contributed by atoms with van der Waals surface area (Å²) in [7, 11) is 1.82. The number of aliphatic carboxylic acids is 1. The van der Waals surface area contributed by atoms with Crippen molar-refractivity contribution < 1.29 is 14.7 Å². The van der Waals surface area contributed by atoms with Gasteiger partial charge in [0.25, 0.3) is 5.91 Å². The summed E-state index contributed by atoms with van der Waals surface area (Å²) < 4.78 is 0. The van der Waals surface area contributed by atoms with Crippen LogP contribution in [-0.2, 0) is 17.1 Å². The van der Waals surface area contributed by atoms with Gasteiger partial charge in [0.2, 0.25) is 0 Å². The van der Waals surface area contributed by atoms with Crippen molar-refractivity contribution in [3.05, 3.63) is 65.2 Å². The lowest BCUT2D eigenvalue weighted by atomic mass is 9.96. The fourth-order valence-electron chi connectivity index (χ4n) is 3.71. The van der Waals surface area contributed by atoms with E-state index in [4.69, 9.17) is 5.11 Å². The summed E-state index contributed by atoms with van der Waals surface area (Å²) in [5.74, 6) is 0.0229. The number of benzene rings is 2. The third-order valence-corrected chi connectivity index (χ3v) is 6.02. The van der Waals surface area contributed by atoms with Crippen LogP contribution in [0, 0.1) is 5.92 Å². The van der Waals surface area contributed by atoms with Crippen LogP contribution in [0.4, 0.5) is 5.69 Å². The molecule has 1 saturated heterocycles. The summed E-state index contributed by atoms with van der Waals surface area (Å²) in [5.41, 5.74) is 4.08. The van der Waals surface area contributed by atoms with Gasteiger partial charge in [-0.05, 0) is 54.5 Å². The first kappa shape index (κ1) is 21.2. The van der Waals surface area contributed by atoms with E-state index in [0.29, 0.717) is 24.9 Å². The molecule has 0 unspecified atom stereocenters. The van der Waals surface area contributed by atoms with Crippen LogP contribution in [0.1, 0.15) is 34.3 Å². The zero-order valence-corrected chi connectivity index (χ0v) is 17.8. The minimum Gasteiger partial charge on any atom is -0.481 e. The van der Waals surface area contributed by atoms with Gasteiger partial charge in [-0.25, -0.2) is 0 Å². The van der Waals surface area contributed by atoms with Gasteiger partial charge in [0.15, 0.2) is 0 Å². The molecule has 2 aromatic rings. The summed E-state index contributed by atoms with van der Waals surface area (Å²) in [4.78, 5) is 27.9. The molecule has 1 aliphatic heterocycles. The number of carboxylic acid groups (broad SMARTS) is 1. The Morgan fingerprint density at radius 2 is 1.79 bits per heavy atom. The van der Waals surface area contributed by atoms with Crippen molar-refractivity contribution in [3.63, 3.8) is 0 Å². The van der Waals surface area contributed by atoms with E-state index in [0.717, 1.165) is 30.1 Å². The molecule has 29 heavy (non-hydrogen) atoms. The van der Waals surface area contributed by atoms with Crippen molar-refractivity contribution in [2.45, 2.75) is 25.1 Å². The molecule has 154 valence electrons. The van der Waals surface area contributed by atoms with Crippen LogP contribution in [0.3, 0.4) is 0 Å². The molecule has 0 bridgehead atoms. The number of thioether (sulfide) groups is 1. The van der Waals surface area contributed by atoms with E-state index in [1.807, 2.05) is 43.4 Å². The third kappa shape index (κ3) is 5.54. The molecule has 0 spiro atoms. The van der Waals surface area contributed by atoms with Gasteiger partial charge in [-0.2, -0.15) is 11.8 Å². The van der Waals surface area contributed by atoms with Gasteiger partial charge in [-0.15, -0.1) is 0 Å². The lowest BCUT2D eigenvalue weighted by Crippen LogP contribution is -2.36. The van der Waals surface area contributed by atoms with Crippen LogP contribution in [0.2, 0.25) is 0 Å². The monoisotopic (exact) mass is 412 g/mol. The molecule has 3 rings (SSSR count). The lowest BCUT2D eigenvalue weighted by molar-refractivity contribution is -0.142. The summed E-state index contributed by atoms with van der Waals surface area (Å²) in [6, 6.07) is 16.0. The van der Waals surface area contributed by atoms with Gasteiger partial charge < -0.3 is 14.9 Å². The van der Waals surface area contributed by atoms with E-state index >= 15 is 0 Å². The van der Waals surface area contributed by atoms with Crippen molar-refractivity contribution >= 4 is 29.3 Å². The van der Waals surface area contributed by atoms with Crippen LogP contribution in [-0.4, -0.2) is 48.3 Å². The standard InChI is InChI=1S/C23H28N2O3S/c1-24(22(26)19-8-6-17(7-9-19)16-29-2)15-18-4-3-5-21(14-18)25-12-10-20(11-13-25)23(27)28/h3-9,14,20H,10-13,15-16H2,1-2H3,(H,27,28). The van der Waals surface area contributed by atoms with Gasteiger partial charge >= 0.3 is 5.97 Å². The molecule has 0 radical (unpaired) electrons. The Kier molecular flexibility index (Phi) is 7.20. The highest BCUT2D eigenvalue weighted by Gasteiger charge is 2.24. The second kappa shape index (κ2) is 9.83. The first-order chi connectivity index (χ1) is 14.0. The van der Waals surface area contributed by atoms with E-state index < -0.39 is 5.97 Å². The number of rotatable bonds is 7. The van der Waals surface area contributed by atoms with E-state index in [1.54, 1.807) is 16.7 Å². The summed E-state index contributed by atoms with van der Waals surface area (Å²) >= 11 is 1.76. The van der Waals surface area contributed by atoms with Crippen molar-refractivity contribution in [1.29, 1.82) is 0 Å². The quantitative estimate of drug-likeness (QED) is 0.741. The average molecular weight is 413 g/mol. The molecule has 0 aromatic heterocycles. The second-order valence-corrected chi connectivity index (χ2v) is 8.43. The smallest absolute Gasteiger partial charge is 0.306 e. The Hall–Kier alpha value is -2.47. The number of hydrogen-bond acceptors (Lipinski definition) is 4. The molecule has 6 heteroatoms. The lowest BCUT2D eigenvalue weighted by Gasteiger charge is -2.32. The second-order valence-electron chi connectivity index (χ2n) is 7.56. The van der Waals surface area contributed by atoms with E-state index in [9.17, 15) is 9.59 Å². The van der Waals surface area contributed by atoms with Crippen molar-refractivity contribution in [3.8, 4) is 0 Å². The van der Waals surface area contributed by atoms with Gasteiger partial charge in [-0.1, -0.05) is 24.3 Å². The van der Waals surface area contributed by atoms with Gasteiger partial charge in [0, 0.05) is 43.7 Å². The van der Waals surface area contributed by atoms with Crippen molar-refractivity contribution in [2.75, 3.05) is 31.3 Å². The number of piperidine rings is 1. The molecule has 1 N–H and O–H groups in total. The zero-order chi connectivity index (χ0) is 20.8. The number of hydrogen-bond donors (Lipinski definition) is 1. The summed E-state index contributed by atoms with van der Waals surface area (Å²) in [6.45, 7) is 2.03. The van der Waals surface area contributed by atoms with Crippen LogP contribution in [0.25, 0.3) is 0 Å². The largest absolute Gasteiger partial charge is 0.481 e. The Balaban J connectivity index is 1.62. The fraction of sp³-hybridized carbons (Fsp3) is 0.391. The highest BCUT2D eigenvalue weighted by molar-refractivity contribution is 7.97. The molecule has 5 nitrogen and oxygen atoms in total. The van der Waals surface area contributed by atoms with E-state index in [2.05, 4.69) is 23.3 Å². The Bertz CT molecular complexity index is 845. The maximum Gasteiger partial charge on any atom is 0.306 e. The van der Waals surface area contributed by atoms with Crippen LogP contribution >= 0.6 is 11.8 Å². The highest BCUT2D eigenvalue weighted by Crippen LogP contribution is 2.25. The molecule has 2 aromatic carbocycles. The average Bonchev–Trinajstić information content (AvgIpc) is 2.74. The topological polar surface area (TPSA) is 60.9 Å². The molecule has 1 fully saturated rings. The molecule has 1 heterocycles. The van der Waals surface area contributed by atoms with Crippen molar-refractivity contribution in [1.82, 2.24) is 4.90 Å². The zero-order valence-electron chi connectivity index (χ0n) is 17.0. The maximum atomic E-state index is 12.8. The van der Waals surface area contributed by atoms with Crippen LogP contribution in [0.15, 0.2) is 48.5 Å². The normalized spacial score (nSPS) is 14.6. The predicted molar refractivity (Wildman–Crippen MR) is 118 cm³/mol. The molecule has 0 saturated carbocycles. The number of carbonyl (C=O) groups excluding carboxylic acids is 1. The predicted octanol–water partition coefficient (Wildman–Crippen LogP) is 4.12. The third-order valence-electron chi connectivity index (χ3n) is 5.40. The summed E-state index contributed by atoms with van der Waals surface area (Å²) in [5, 5.41) is 9.17. The highest BCUT2D eigenvalue weighted by atomic mass is 32.2. The summed E-state index contributed by atoms with van der Waals surface area (Å²) in [6.07, 6.45) is 3.41. The molecular weight excluding hydrogens is 384 g/mol. The maximum absolute atomic E-state index is 12.8. The molecule has 0 atom stereocenters. The Morgan fingerprint density at radius 3 is 2.41 bits per heavy atom. The van der Waals surface area contributed by atoms with E-state index in [1.165, 1.54) is 5.56 Å². The van der Waals surface area contributed by atoms with E-state index in [-0.39, 0.29) is 11.8 Å². The Morgan fingerprint density at radius 1 is 1.10 bits per heavy atom. The number of carbonyl (C=O) groups is 2. The number of anilines is 1. The minimum atomic E-state index is -0.694. The molecule has 1 amide bonds. The first-order valence-electron chi connectivity index (χ1n) is 9.88. The molecule has 1 aliphatic rings. The van der Waals surface area contributed by atoms with Gasteiger partial charge in [-0.3, -0.25) is 9.59 Å². The number of amides is 1. The van der Waals surface area contributed by atoms with Crippen LogP contribution < -0.4 is 4.90 Å². The van der Waals surface area contributed by atoms with Crippen LogP contribution in [0.5, 0.6) is 0 Å². The first-order valence-corrected chi connectivity index (χ1v) is 11.3. The Labute approximate surface area is 176 Å². The molecular formula is C23H28N2O3S. The fourth-order valence-corrected chi connectivity index (χ4v) is 4.24. The SMILES string of the molecule is CSCc1ccc(C(=O)N(C)Cc2cccc(N3CCC(C(=O)O)CC3)c2)cc1. The molecule has 0 aliphatic carbocycles. The minimum absolute atomic E-state index is 0.00776.